The second-order valence-corrected chi connectivity index (χ2v) is 4.93. The zero-order valence-corrected chi connectivity index (χ0v) is 9.46. The Labute approximate surface area is 88.8 Å². The molecule has 1 fully saturated rings. The van der Waals surface area contributed by atoms with Crippen LogP contribution in [-0.4, -0.2) is 29.3 Å². The lowest BCUT2D eigenvalue weighted by Crippen LogP contribution is -2.38. The van der Waals surface area contributed by atoms with Crippen LogP contribution in [0.25, 0.3) is 0 Å². The van der Waals surface area contributed by atoms with Crippen LogP contribution in [0.1, 0.15) is 25.7 Å². The molecule has 1 N–H and O–H groups in total. The molecule has 0 radical (unpaired) electrons. The van der Waals surface area contributed by atoms with Gasteiger partial charge in [0.15, 0.2) is 0 Å². The van der Waals surface area contributed by atoms with Crippen LogP contribution >= 0.6 is 23.4 Å². The minimum Gasteiger partial charge on any atom is -0.353 e. The predicted molar refractivity (Wildman–Crippen MR) is 58.4 cm³/mol. The van der Waals surface area contributed by atoms with Gasteiger partial charge >= 0.3 is 0 Å². The number of halogens is 1. The van der Waals surface area contributed by atoms with Crippen molar-refractivity contribution >= 4 is 29.3 Å². The average Bonchev–Trinajstić information content (AvgIpc) is 2.09. The van der Waals surface area contributed by atoms with Gasteiger partial charge in [0, 0.05) is 11.4 Å². The summed E-state index contributed by atoms with van der Waals surface area (Å²) in [4.78, 5) is 11.2. The molecule has 0 atom stereocenters. The van der Waals surface area contributed by atoms with Crippen LogP contribution in [0.3, 0.4) is 0 Å². The van der Waals surface area contributed by atoms with Gasteiger partial charge in [0.1, 0.15) is 0 Å². The van der Waals surface area contributed by atoms with Gasteiger partial charge in [-0.05, 0) is 31.9 Å². The molecule has 0 aromatic carbocycles. The lowest BCUT2D eigenvalue weighted by atomic mass is 9.95. The smallest absolute Gasteiger partial charge is 0.230 e. The highest BCUT2D eigenvalue weighted by molar-refractivity contribution is 7.99. The van der Waals surface area contributed by atoms with E-state index in [1.54, 1.807) is 11.8 Å². The van der Waals surface area contributed by atoms with E-state index >= 15 is 0 Å². The molecule has 1 saturated carbocycles. The Bertz CT molecular complexity index is 169. The maximum Gasteiger partial charge on any atom is 0.230 e. The summed E-state index contributed by atoms with van der Waals surface area (Å²) in [5.41, 5.74) is 0. The monoisotopic (exact) mass is 221 g/mol. The van der Waals surface area contributed by atoms with Gasteiger partial charge in [-0.25, -0.2) is 0 Å². The van der Waals surface area contributed by atoms with Crippen molar-refractivity contribution in [2.75, 3.05) is 12.0 Å². The van der Waals surface area contributed by atoms with Crippen molar-refractivity contribution in [1.82, 2.24) is 5.32 Å². The van der Waals surface area contributed by atoms with E-state index in [1.165, 1.54) is 0 Å². The van der Waals surface area contributed by atoms with Gasteiger partial charge in [0.25, 0.3) is 0 Å². The van der Waals surface area contributed by atoms with Crippen LogP contribution in [0.15, 0.2) is 0 Å². The minimum atomic E-state index is 0.158. The predicted octanol–water partition coefficient (Wildman–Crippen LogP) is 2.02. The Morgan fingerprint density at radius 3 is 2.62 bits per heavy atom. The van der Waals surface area contributed by atoms with Gasteiger partial charge in [-0.15, -0.1) is 11.6 Å². The van der Waals surface area contributed by atoms with Gasteiger partial charge in [-0.2, -0.15) is 11.8 Å². The number of amides is 1. The fraction of sp³-hybridized carbons (Fsp3) is 0.889. The highest BCUT2D eigenvalue weighted by atomic mass is 35.5. The second kappa shape index (κ2) is 5.76. The van der Waals surface area contributed by atoms with Crippen molar-refractivity contribution in [3.63, 3.8) is 0 Å². The highest BCUT2D eigenvalue weighted by Gasteiger charge is 2.20. The molecule has 0 heterocycles. The van der Waals surface area contributed by atoms with Crippen molar-refractivity contribution in [1.29, 1.82) is 0 Å². The highest BCUT2D eigenvalue weighted by Crippen LogP contribution is 2.22. The van der Waals surface area contributed by atoms with Crippen LogP contribution in [0, 0.1) is 0 Å². The molecule has 0 aromatic rings. The van der Waals surface area contributed by atoms with Crippen LogP contribution in [0.5, 0.6) is 0 Å². The molecule has 0 spiro atoms. The first kappa shape index (κ1) is 11.2. The SMILES string of the molecule is CSCC(=O)NC1CCC(Cl)CC1. The van der Waals surface area contributed by atoms with Crippen LogP contribution in [-0.2, 0) is 4.79 Å². The van der Waals surface area contributed by atoms with Gasteiger partial charge < -0.3 is 5.32 Å². The molecule has 1 amide bonds. The first-order valence-electron chi connectivity index (χ1n) is 4.64. The maximum atomic E-state index is 11.2. The fourth-order valence-corrected chi connectivity index (χ4v) is 2.20. The van der Waals surface area contributed by atoms with Crippen molar-refractivity contribution in [2.24, 2.45) is 0 Å². The number of carbonyl (C=O) groups excluding carboxylic acids is 1. The molecule has 13 heavy (non-hydrogen) atoms. The summed E-state index contributed by atoms with van der Waals surface area (Å²) in [6.45, 7) is 0. The molecule has 4 heteroatoms. The van der Waals surface area contributed by atoms with E-state index in [1.807, 2.05) is 6.26 Å². The number of rotatable bonds is 3. The Morgan fingerprint density at radius 2 is 2.08 bits per heavy atom. The maximum absolute atomic E-state index is 11.2. The number of carbonyl (C=O) groups is 1. The van der Waals surface area contributed by atoms with Crippen molar-refractivity contribution in [3.05, 3.63) is 0 Å². The van der Waals surface area contributed by atoms with Gasteiger partial charge in [0.2, 0.25) is 5.91 Å². The quantitative estimate of drug-likeness (QED) is 0.739. The Morgan fingerprint density at radius 1 is 1.46 bits per heavy atom. The molecule has 1 aliphatic carbocycles. The van der Waals surface area contributed by atoms with Crippen molar-refractivity contribution < 1.29 is 4.79 Å². The van der Waals surface area contributed by atoms with Crippen molar-refractivity contribution in [3.8, 4) is 0 Å². The normalized spacial score (nSPS) is 28.5. The lowest BCUT2D eigenvalue weighted by molar-refractivity contribution is -0.119. The van der Waals surface area contributed by atoms with E-state index in [0.29, 0.717) is 17.2 Å². The van der Waals surface area contributed by atoms with Crippen LogP contribution in [0.4, 0.5) is 0 Å². The third-order valence-corrected chi connectivity index (χ3v) is 3.28. The summed E-state index contributed by atoms with van der Waals surface area (Å²) in [5, 5.41) is 3.35. The van der Waals surface area contributed by atoms with Gasteiger partial charge in [-0.3, -0.25) is 4.79 Å². The Hall–Kier alpha value is 0.110. The summed E-state index contributed by atoms with van der Waals surface area (Å²) >= 11 is 7.52. The van der Waals surface area contributed by atoms with Gasteiger partial charge in [-0.1, -0.05) is 0 Å². The van der Waals surface area contributed by atoms with E-state index in [0.717, 1.165) is 25.7 Å². The van der Waals surface area contributed by atoms with Crippen LogP contribution < -0.4 is 5.32 Å². The summed E-state index contributed by atoms with van der Waals surface area (Å²) < 4.78 is 0. The molecule has 1 rings (SSSR count). The van der Waals surface area contributed by atoms with E-state index < -0.39 is 0 Å². The molecule has 0 bridgehead atoms. The molecule has 0 saturated heterocycles. The molecular formula is C9H16ClNOS. The molecule has 0 aliphatic heterocycles. The molecule has 0 unspecified atom stereocenters. The molecular weight excluding hydrogens is 206 g/mol. The summed E-state index contributed by atoms with van der Waals surface area (Å²) in [6, 6.07) is 0.370. The Kier molecular flexibility index (Phi) is 4.96. The number of thioether (sulfide) groups is 1. The van der Waals surface area contributed by atoms with Crippen molar-refractivity contribution in [2.45, 2.75) is 37.1 Å². The lowest BCUT2D eigenvalue weighted by Gasteiger charge is -2.25. The average molecular weight is 222 g/mol. The number of hydrogen-bond acceptors (Lipinski definition) is 2. The standard InChI is InChI=1S/C9H16ClNOS/c1-13-6-9(12)11-8-4-2-7(10)3-5-8/h7-8H,2-6H2,1H3,(H,11,12). The third-order valence-electron chi connectivity index (χ3n) is 2.30. The summed E-state index contributed by atoms with van der Waals surface area (Å²) in [5.74, 6) is 0.728. The second-order valence-electron chi connectivity index (χ2n) is 3.45. The number of hydrogen-bond donors (Lipinski definition) is 1. The zero-order valence-electron chi connectivity index (χ0n) is 7.88. The minimum absolute atomic E-state index is 0.158. The fourth-order valence-electron chi connectivity index (χ4n) is 1.60. The summed E-state index contributed by atoms with van der Waals surface area (Å²) in [7, 11) is 0. The molecule has 2 nitrogen and oxygen atoms in total. The zero-order chi connectivity index (χ0) is 9.68. The molecule has 0 aromatic heterocycles. The summed E-state index contributed by atoms with van der Waals surface area (Å²) in [6.07, 6.45) is 6.08. The van der Waals surface area contributed by atoms with E-state index in [2.05, 4.69) is 5.32 Å². The van der Waals surface area contributed by atoms with E-state index in [-0.39, 0.29) is 5.91 Å². The van der Waals surface area contributed by atoms with Crippen LogP contribution in [0.2, 0.25) is 0 Å². The molecule has 76 valence electrons. The number of nitrogens with one attached hydrogen (secondary N) is 1. The first-order valence-corrected chi connectivity index (χ1v) is 6.47. The number of alkyl halides is 1. The van der Waals surface area contributed by atoms with E-state index in [9.17, 15) is 4.79 Å². The van der Waals surface area contributed by atoms with E-state index in [4.69, 9.17) is 11.6 Å². The Balaban J connectivity index is 2.18. The first-order chi connectivity index (χ1) is 6.22. The molecule has 1 aliphatic rings. The topological polar surface area (TPSA) is 29.1 Å². The third kappa shape index (κ3) is 4.23. The largest absolute Gasteiger partial charge is 0.353 e. The van der Waals surface area contributed by atoms with Gasteiger partial charge in [0.05, 0.1) is 5.75 Å².